The number of aromatic nitrogens is 1. The van der Waals surface area contributed by atoms with Crippen molar-refractivity contribution >= 4 is 34.8 Å². The fourth-order valence-electron chi connectivity index (χ4n) is 6.75. The van der Waals surface area contributed by atoms with E-state index in [1.165, 1.54) is 17.2 Å². The van der Waals surface area contributed by atoms with Crippen molar-refractivity contribution in [2.45, 2.75) is 31.0 Å². The van der Waals surface area contributed by atoms with Crippen molar-refractivity contribution in [2.75, 3.05) is 33.1 Å². The Balaban J connectivity index is 1.70. The molecule has 1 aromatic heterocycles. The van der Waals surface area contributed by atoms with E-state index in [-0.39, 0.29) is 41.8 Å². The lowest BCUT2D eigenvalue weighted by molar-refractivity contribution is -0.153. The smallest absolute Gasteiger partial charge is 0.255 e. The SMILES string of the molecule is CN(C)c1cc(Cn2ccc(C(N)=O)c2)c(O)c2c1CC1CC3C(N(C)C)C(=O)C(C(N)=O)=C(O)C3(O)C(=O)C1=C2O. The van der Waals surface area contributed by atoms with Gasteiger partial charge in [-0.05, 0) is 50.6 Å². The van der Waals surface area contributed by atoms with Crippen LogP contribution in [0, 0.1) is 11.8 Å². The number of benzene rings is 1. The third kappa shape index (κ3) is 3.99. The first-order chi connectivity index (χ1) is 19.6. The minimum absolute atomic E-state index is 0.000402. The Morgan fingerprint density at radius 3 is 2.31 bits per heavy atom. The Kier molecular flexibility index (Phi) is 6.70. The molecule has 0 aliphatic heterocycles. The number of phenolic OH excluding ortho intramolecular Hbond substituents is 1. The molecule has 1 saturated carbocycles. The van der Waals surface area contributed by atoms with Gasteiger partial charge in [0.05, 0.1) is 23.7 Å². The van der Waals surface area contributed by atoms with Gasteiger partial charge in [-0.2, -0.15) is 0 Å². The highest BCUT2D eigenvalue weighted by Gasteiger charge is 2.64. The minimum Gasteiger partial charge on any atom is -0.508 e. The van der Waals surface area contributed by atoms with Crippen LogP contribution in [0.2, 0.25) is 0 Å². The first kappa shape index (κ1) is 28.9. The number of phenols is 1. The maximum atomic E-state index is 14.1. The van der Waals surface area contributed by atoms with Gasteiger partial charge < -0.3 is 41.4 Å². The van der Waals surface area contributed by atoms with E-state index in [9.17, 15) is 39.6 Å². The van der Waals surface area contributed by atoms with Gasteiger partial charge in [-0.15, -0.1) is 0 Å². The molecule has 3 aliphatic carbocycles. The van der Waals surface area contributed by atoms with E-state index >= 15 is 0 Å². The number of aliphatic hydroxyl groups is 3. The Labute approximate surface area is 240 Å². The van der Waals surface area contributed by atoms with Crippen LogP contribution in [0.15, 0.2) is 41.4 Å². The number of aromatic hydroxyl groups is 1. The molecule has 0 spiro atoms. The van der Waals surface area contributed by atoms with Crippen LogP contribution in [0.25, 0.3) is 5.76 Å². The molecule has 4 atom stereocenters. The third-order valence-electron chi connectivity index (χ3n) is 8.65. The molecule has 3 aliphatic rings. The molecule has 2 amide bonds. The summed E-state index contributed by atoms with van der Waals surface area (Å²) in [4.78, 5) is 54.3. The van der Waals surface area contributed by atoms with Crippen LogP contribution in [0.1, 0.15) is 33.5 Å². The number of amides is 2. The van der Waals surface area contributed by atoms with Gasteiger partial charge in [0.15, 0.2) is 11.4 Å². The monoisotopic (exact) mass is 579 g/mol. The van der Waals surface area contributed by atoms with Gasteiger partial charge >= 0.3 is 0 Å². The summed E-state index contributed by atoms with van der Waals surface area (Å²) in [5, 5.41) is 45.8. The molecular formula is C29H33N5O8. The first-order valence-electron chi connectivity index (χ1n) is 13.3. The summed E-state index contributed by atoms with van der Waals surface area (Å²) in [7, 11) is 6.67. The lowest BCUT2D eigenvalue weighted by atomic mass is 9.57. The normalized spacial score (nSPS) is 25.3. The van der Waals surface area contributed by atoms with E-state index in [1.807, 2.05) is 0 Å². The fourth-order valence-corrected chi connectivity index (χ4v) is 6.75. The van der Waals surface area contributed by atoms with Crippen molar-refractivity contribution in [3.63, 3.8) is 0 Å². The summed E-state index contributed by atoms with van der Waals surface area (Å²) in [6.45, 7) is 0.0946. The maximum absolute atomic E-state index is 14.1. The number of hydrogen-bond donors (Lipinski definition) is 6. The topological polar surface area (TPSA) is 213 Å². The number of anilines is 1. The largest absolute Gasteiger partial charge is 0.508 e. The molecule has 1 aromatic carbocycles. The number of rotatable bonds is 6. The second-order valence-electron chi connectivity index (χ2n) is 11.5. The second-order valence-corrected chi connectivity index (χ2v) is 11.5. The highest BCUT2D eigenvalue weighted by molar-refractivity contribution is 6.24. The van der Waals surface area contributed by atoms with Gasteiger partial charge in [0.25, 0.3) is 5.91 Å². The zero-order chi connectivity index (χ0) is 31.0. The Hall–Kier alpha value is -4.62. The molecule has 5 rings (SSSR count). The van der Waals surface area contributed by atoms with E-state index in [2.05, 4.69) is 0 Å². The van der Waals surface area contributed by atoms with E-state index in [4.69, 9.17) is 11.5 Å². The van der Waals surface area contributed by atoms with Crippen molar-refractivity contribution in [3.05, 3.63) is 63.7 Å². The van der Waals surface area contributed by atoms with Crippen LogP contribution in [0.4, 0.5) is 5.69 Å². The van der Waals surface area contributed by atoms with Crippen LogP contribution in [0.3, 0.4) is 0 Å². The number of ketones is 2. The number of likely N-dealkylation sites (N-methyl/N-ethyl adjacent to an activating group) is 1. The number of carbonyl (C=O) groups is 4. The van der Waals surface area contributed by atoms with Gasteiger partial charge in [0, 0.05) is 49.2 Å². The molecule has 4 unspecified atom stereocenters. The van der Waals surface area contributed by atoms with Crippen LogP contribution in [-0.4, -0.2) is 93.1 Å². The van der Waals surface area contributed by atoms with E-state index in [1.54, 1.807) is 49.9 Å². The molecule has 1 fully saturated rings. The molecule has 0 saturated heterocycles. The summed E-state index contributed by atoms with van der Waals surface area (Å²) < 4.78 is 1.63. The van der Waals surface area contributed by atoms with Crippen LogP contribution in [0.5, 0.6) is 5.75 Å². The van der Waals surface area contributed by atoms with Gasteiger partial charge in [-0.1, -0.05) is 0 Å². The Morgan fingerprint density at radius 2 is 1.76 bits per heavy atom. The van der Waals surface area contributed by atoms with Crippen LogP contribution >= 0.6 is 0 Å². The van der Waals surface area contributed by atoms with Crippen molar-refractivity contribution in [3.8, 4) is 5.75 Å². The number of Topliss-reactive ketones (excluding diaryl/α,β-unsaturated/α-hetero) is 2. The predicted molar refractivity (Wildman–Crippen MR) is 151 cm³/mol. The Morgan fingerprint density at radius 1 is 1.10 bits per heavy atom. The summed E-state index contributed by atoms with van der Waals surface area (Å²) >= 11 is 0. The maximum Gasteiger partial charge on any atom is 0.255 e. The zero-order valence-corrected chi connectivity index (χ0v) is 23.6. The molecule has 8 N–H and O–H groups in total. The van der Waals surface area contributed by atoms with E-state index in [0.717, 1.165) is 0 Å². The van der Waals surface area contributed by atoms with Gasteiger partial charge in [0.1, 0.15) is 22.8 Å². The molecule has 13 heteroatoms. The molecule has 222 valence electrons. The predicted octanol–water partition coefficient (Wildman–Crippen LogP) is -0.0213. The van der Waals surface area contributed by atoms with Crippen molar-refractivity contribution < 1.29 is 39.6 Å². The average Bonchev–Trinajstić information content (AvgIpc) is 3.36. The molecule has 0 bridgehead atoms. The molecule has 2 aromatic rings. The molecule has 13 nitrogen and oxygen atoms in total. The first-order valence-corrected chi connectivity index (χ1v) is 13.3. The van der Waals surface area contributed by atoms with E-state index < -0.39 is 64.0 Å². The van der Waals surface area contributed by atoms with Gasteiger partial charge in [0.2, 0.25) is 11.7 Å². The summed E-state index contributed by atoms with van der Waals surface area (Å²) in [5.74, 6) is -7.63. The number of nitrogens with two attached hydrogens (primary N) is 2. The lowest BCUT2D eigenvalue weighted by Gasteiger charge is -2.50. The number of aliphatic hydroxyl groups excluding tert-OH is 2. The molecule has 42 heavy (non-hydrogen) atoms. The van der Waals surface area contributed by atoms with Gasteiger partial charge in [-0.25, -0.2) is 0 Å². The van der Waals surface area contributed by atoms with Crippen molar-refractivity contribution in [1.82, 2.24) is 9.47 Å². The number of carbonyl (C=O) groups excluding carboxylic acids is 4. The number of hydrogen-bond acceptors (Lipinski definition) is 10. The van der Waals surface area contributed by atoms with Crippen molar-refractivity contribution in [1.29, 1.82) is 0 Å². The molecule has 1 heterocycles. The van der Waals surface area contributed by atoms with Crippen LogP contribution in [-0.2, 0) is 27.3 Å². The third-order valence-corrected chi connectivity index (χ3v) is 8.65. The standard InChI is InChI=1S/C29H33N5O8/c1-32(2)17-9-14(11-34-6-5-12(10-34)27(30)40)22(35)19-15(17)7-13-8-16-21(33(3)4)24(37)20(28(31)41)26(39)29(16,42)25(38)18(13)23(19)36/h5-6,9-10,13,16,21,35-36,39,42H,7-8,11H2,1-4H3,(H2,30,40)(H2,31,41). The molecular weight excluding hydrogens is 546 g/mol. The van der Waals surface area contributed by atoms with Crippen LogP contribution < -0.4 is 16.4 Å². The van der Waals surface area contributed by atoms with Gasteiger partial charge in [-0.3, -0.25) is 24.1 Å². The Bertz CT molecular complexity index is 1630. The zero-order valence-electron chi connectivity index (χ0n) is 23.6. The second kappa shape index (κ2) is 9.74. The number of primary amides is 2. The minimum atomic E-state index is -2.71. The molecule has 0 radical (unpaired) electrons. The average molecular weight is 580 g/mol. The fraction of sp³-hybridized carbons (Fsp3) is 0.379. The summed E-state index contributed by atoms with van der Waals surface area (Å²) in [6, 6.07) is 2.12. The quantitative estimate of drug-likeness (QED) is 0.252. The number of nitrogens with zero attached hydrogens (tertiary/aromatic N) is 3. The highest BCUT2D eigenvalue weighted by atomic mass is 16.3. The highest BCUT2D eigenvalue weighted by Crippen LogP contribution is 2.54. The summed E-state index contributed by atoms with van der Waals surface area (Å²) in [6.07, 6.45) is 3.30. The van der Waals surface area contributed by atoms with E-state index in [0.29, 0.717) is 16.8 Å². The lowest BCUT2D eigenvalue weighted by Crippen LogP contribution is -2.65. The van der Waals surface area contributed by atoms with Crippen molar-refractivity contribution in [2.24, 2.45) is 23.3 Å². The number of fused-ring (bicyclic) bond motifs is 3. The summed E-state index contributed by atoms with van der Waals surface area (Å²) in [5.41, 5.74) is 8.77.